The molecule has 0 aliphatic rings. The summed E-state index contributed by atoms with van der Waals surface area (Å²) in [5, 5.41) is 5.27. The van der Waals surface area contributed by atoms with Crippen molar-refractivity contribution in [2.45, 2.75) is 26.4 Å². The average Bonchev–Trinajstić information content (AvgIpc) is 3.11. The van der Waals surface area contributed by atoms with Gasteiger partial charge in [-0.1, -0.05) is 36.4 Å². The Morgan fingerprint density at radius 2 is 2.00 bits per heavy atom. The second kappa shape index (κ2) is 11.0. The minimum atomic E-state index is 0.128. The van der Waals surface area contributed by atoms with Gasteiger partial charge in [0.05, 0.1) is 13.1 Å². The fraction of sp³-hybridized carbons (Fsp3) is 0.421. The second-order valence-electron chi connectivity index (χ2n) is 5.54. The van der Waals surface area contributed by atoms with E-state index in [0.717, 1.165) is 31.7 Å². The predicted octanol–water partition coefficient (Wildman–Crippen LogP) is 3.29. The summed E-state index contributed by atoms with van der Waals surface area (Å²) in [5.74, 6) is 0.128. The topological polar surface area (TPSA) is 41.6 Å². The second-order valence-corrected chi connectivity index (χ2v) is 6.57. The molecule has 0 spiro atoms. The van der Waals surface area contributed by atoms with Gasteiger partial charge < -0.3 is 15.0 Å². The van der Waals surface area contributed by atoms with Crippen LogP contribution >= 0.6 is 11.3 Å². The van der Waals surface area contributed by atoms with Crippen LogP contribution in [0, 0.1) is 0 Å². The van der Waals surface area contributed by atoms with E-state index < -0.39 is 0 Å². The van der Waals surface area contributed by atoms with Crippen LogP contribution in [-0.4, -0.2) is 37.1 Å². The summed E-state index contributed by atoms with van der Waals surface area (Å²) in [6.45, 7) is 5.92. The number of carbonyl (C=O) groups excluding carboxylic acids is 1. The lowest BCUT2D eigenvalue weighted by Crippen LogP contribution is -2.37. The largest absolute Gasteiger partial charge is 0.382 e. The van der Waals surface area contributed by atoms with Gasteiger partial charge in [0.15, 0.2) is 0 Å². The van der Waals surface area contributed by atoms with Gasteiger partial charge in [0.25, 0.3) is 0 Å². The quantitative estimate of drug-likeness (QED) is 0.635. The minimum absolute atomic E-state index is 0.128. The monoisotopic (exact) mass is 346 g/mol. The summed E-state index contributed by atoms with van der Waals surface area (Å²) in [7, 11) is 0. The minimum Gasteiger partial charge on any atom is -0.382 e. The number of hydrogen-bond donors (Lipinski definition) is 1. The molecule has 0 saturated carbocycles. The van der Waals surface area contributed by atoms with Crippen LogP contribution in [0.15, 0.2) is 47.8 Å². The molecule has 0 fully saturated rings. The van der Waals surface area contributed by atoms with Crippen molar-refractivity contribution in [3.63, 3.8) is 0 Å². The first-order valence-electron chi connectivity index (χ1n) is 8.42. The fourth-order valence-electron chi connectivity index (χ4n) is 2.38. The molecular weight excluding hydrogens is 320 g/mol. The van der Waals surface area contributed by atoms with Crippen LogP contribution in [0.4, 0.5) is 0 Å². The fourth-order valence-corrected chi connectivity index (χ4v) is 3.10. The SMILES string of the molecule is CCOCCCNCC(=O)N(Cc1ccccc1)Cc1cccs1. The van der Waals surface area contributed by atoms with Crippen molar-refractivity contribution in [2.75, 3.05) is 26.3 Å². The molecule has 1 heterocycles. The Morgan fingerprint density at radius 3 is 2.71 bits per heavy atom. The van der Waals surface area contributed by atoms with Gasteiger partial charge in [-0.05, 0) is 36.9 Å². The molecule has 2 rings (SSSR count). The summed E-state index contributed by atoms with van der Waals surface area (Å²) in [4.78, 5) is 15.7. The van der Waals surface area contributed by atoms with E-state index >= 15 is 0 Å². The van der Waals surface area contributed by atoms with E-state index in [2.05, 4.69) is 23.5 Å². The van der Waals surface area contributed by atoms with Crippen LogP contribution in [0.5, 0.6) is 0 Å². The van der Waals surface area contributed by atoms with Gasteiger partial charge in [-0.3, -0.25) is 4.79 Å². The van der Waals surface area contributed by atoms with Crippen molar-refractivity contribution in [3.8, 4) is 0 Å². The molecule has 0 bridgehead atoms. The maximum absolute atomic E-state index is 12.6. The molecule has 24 heavy (non-hydrogen) atoms. The molecule has 2 aromatic rings. The third kappa shape index (κ3) is 6.83. The van der Waals surface area contributed by atoms with Crippen LogP contribution in [0.1, 0.15) is 23.8 Å². The number of thiophene rings is 1. The molecule has 1 amide bonds. The smallest absolute Gasteiger partial charge is 0.237 e. The number of carbonyl (C=O) groups is 1. The zero-order chi connectivity index (χ0) is 17.0. The number of benzene rings is 1. The normalized spacial score (nSPS) is 10.7. The summed E-state index contributed by atoms with van der Waals surface area (Å²) < 4.78 is 5.30. The van der Waals surface area contributed by atoms with Crippen molar-refractivity contribution in [1.29, 1.82) is 0 Å². The maximum Gasteiger partial charge on any atom is 0.237 e. The third-order valence-corrected chi connectivity index (χ3v) is 4.48. The van der Waals surface area contributed by atoms with E-state index in [1.54, 1.807) is 11.3 Å². The highest BCUT2D eigenvalue weighted by molar-refractivity contribution is 7.09. The maximum atomic E-state index is 12.6. The highest BCUT2D eigenvalue weighted by Crippen LogP contribution is 2.14. The van der Waals surface area contributed by atoms with Crippen molar-refractivity contribution < 1.29 is 9.53 Å². The van der Waals surface area contributed by atoms with E-state index in [1.807, 2.05) is 41.5 Å². The van der Waals surface area contributed by atoms with Gasteiger partial charge in [0, 0.05) is 24.6 Å². The molecule has 0 atom stereocenters. The Labute approximate surface area is 148 Å². The van der Waals surface area contributed by atoms with E-state index in [0.29, 0.717) is 19.6 Å². The van der Waals surface area contributed by atoms with Crippen LogP contribution in [-0.2, 0) is 22.6 Å². The molecule has 130 valence electrons. The lowest BCUT2D eigenvalue weighted by molar-refractivity contribution is -0.131. The Hall–Kier alpha value is -1.69. The van der Waals surface area contributed by atoms with Crippen molar-refractivity contribution in [2.24, 2.45) is 0 Å². The molecule has 0 radical (unpaired) electrons. The van der Waals surface area contributed by atoms with E-state index in [-0.39, 0.29) is 5.91 Å². The van der Waals surface area contributed by atoms with Crippen LogP contribution < -0.4 is 5.32 Å². The zero-order valence-corrected chi connectivity index (χ0v) is 15.1. The summed E-state index contributed by atoms with van der Waals surface area (Å²) in [6, 6.07) is 14.2. The molecule has 0 saturated heterocycles. The first kappa shape index (κ1) is 18.6. The summed E-state index contributed by atoms with van der Waals surface area (Å²) >= 11 is 1.69. The van der Waals surface area contributed by atoms with E-state index in [9.17, 15) is 4.79 Å². The number of ether oxygens (including phenoxy) is 1. The third-order valence-electron chi connectivity index (χ3n) is 3.62. The number of hydrogen-bond acceptors (Lipinski definition) is 4. The molecule has 4 nitrogen and oxygen atoms in total. The summed E-state index contributed by atoms with van der Waals surface area (Å²) in [6.07, 6.45) is 0.921. The standard InChI is InChI=1S/C19H26N2O2S/c1-2-23-12-7-11-20-14-19(22)21(16-18-10-6-13-24-18)15-17-8-4-3-5-9-17/h3-6,8-10,13,20H,2,7,11-12,14-16H2,1H3. The van der Waals surface area contributed by atoms with Crippen LogP contribution in [0.3, 0.4) is 0 Å². The lowest BCUT2D eigenvalue weighted by Gasteiger charge is -2.22. The van der Waals surface area contributed by atoms with Gasteiger partial charge in [0.1, 0.15) is 0 Å². The van der Waals surface area contributed by atoms with Gasteiger partial charge in [-0.15, -0.1) is 11.3 Å². The van der Waals surface area contributed by atoms with E-state index in [4.69, 9.17) is 4.74 Å². The molecule has 0 unspecified atom stereocenters. The summed E-state index contributed by atoms with van der Waals surface area (Å²) in [5.41, 5.74) is 1.15. The highest BCUT2D eigenvalue weighted by atomic mass is 32.1. The van der Waals surface area contributed by atoms with Gasteiger partial charge >= 0.3 is 0 Å². The molecule has 0 aliphatic heterocycles. The van der Waals surface area contributed by atoms with Crippen LogP contribution in [0.25, 0.3) is 0 Å². The Morgan fingerprint density at radius 1 is 1.17 bits per heavy atom. The van der Waals surface area contributed by atoms with Gasteiger partial charge in [-0.25, -0.2) is 0 Å². The van der Waals surface area contributed by atoms with Gasteiger partial charge in [-0.2, -0.15) is 0 Å². The average molecular weight is 346 g/mol. The highest BCUT2D eigenvalue weighted by Gasteiger charge is 2.14. The number of rotatable bonds is 11. The van der Waals surface area contributed by atoms with Gasteiger partial charge in [0.2, 0.25) is 5.91 Å². The number of nitrogens with zero attached hydrogens (tertiary/aromatic N) is 1. The molecule has 1 aromatic heterocycles. The first-order valence-corrected chi connectivity index (χ1v) is 9.30. The van der Waals surface area contributed by atoms with Crippen molar-refractivity contribution in [3.05, 3.63) is 58.3 Å². The first-order chi connectivity index (χ1) is 11.8. The Balaban J connectivity index is 1.85. The van der Waals surface area contributed by atoms with E-state index in [1.165, 1.54) is 4.88 Å². The molecule has 0 aliphatic carbocycles. The molecular formula is C19H26N2O2S. The van der Waals surface area contributed by atoms with Crippen LogP contribution in [0.2, 0.25) is 0 Å². The zero-order valence-electron chi connectivity index (χ0n) is 14.2. The molecule has 5 heteroatoms. The lowest BCUT2D eigenvalue weighted by atomic mass is 10.2. The Bertz CT molecular complexity index is 572. The van der Waals surface area contributed by atoms with Crippen molar-refractivity contribution >= 4 is 17.2 Å². The Kier molecular flexibility index (Phi) is 8.52. The number of amides is 1. The number of nitrogens with one attached hydrogen (secondary N) is 1. The van der Waals surface area contributed by atoms with Crippen molar-refractivity contribution in [1.82, 2.24) is 10.2 Å². The predicted molar refractivity (Wildman–Crippen MR) is 99.0 cm³/mol. The molecule has 1 aromatic carbocycles. The molecule has 1 N–H and O–H groups in total.